The molecule has 1 aromatic carbocycles. The largest absolute Gasteiger partial charge is 0.446 e. The van der Waals surface area contributed by atoms with Crippen molar-refractivity contribution in [2.24, 2.45) is 0 Å². The number of carbonyl (C=O) groups is 3. The van der Waals surface area contributed by atoms with Crippen molar-refractivity contribution in [2.75, 3.05) is 39.3 Å². The zero-order valence-corrected chi connectivity index (χ0v) is 24.4. The Balaban J connectivity index is 1.08. The number of aromatic nitrogens is 2. The maximum Gasteiger partial charge on any atom is 0.416 e. The van der Waals surface area contributed by atoms with E-state index in [9.17, 15) is 27.6 Å². The van der Waals surface area contributed by atoms with E-state index in [2.05, 4.69) is 5.10 Å². The van der Waals surface area contributed by atoms with Crippen molar-refractivity contribution in [3.8, 4) is 0 Å². The van der Waals surface area contributed by atoms with Gasteiger partial charge in [-0.05, 0) is 43.7 Å². The van der Waals surface area contributed by atoms with Crippen molar-refractivity contribution in [2.45, 2.75) is 82.0 Å². The summed E-state index contributed by atoms with van der Waals surface area (Å²) >= 11 is 0. The molecule has 0 unspecified atom stereocenters. The maximum absolute atomic E-state index is 13.7. The zero-order chi connectivity index (χ0) is 30.3. The van der Waals surface area contributed by atoms with Gasteiger partial charge in [0.1, 0.15) is 6.10 Å². The van der Waals surface area contributed by atoms with Crippen LogP contribution in [0.25, 0.3) is 0 Å². The molecule has 1 aromatic heterocycles. The number of alkyl halides is 3. The van der Waals surface area contributed by atoms with E-state index in [0.717, 1.165) is 24.6 Å². The molecular formula is C31H38F3N5O4. The van der Waals surface area contributed by atoms with Crippen LogP contribution in [0.3, 0.4) is 0 Å². The second-order valence-electron chi connectivity index (χ2n) is 12.3. The van der Waals surface area contributed by atoms with Crippen molar-refractivity contribution >= 4 is 17.9 Å². The molecule has 0 N–H and O–H groups in total. The number of benzene rings is 1. The van der Waals surface area contributed by atoms with Crippen LogP contribution in [0.1, 0.15) is 96.9 Å². The van der Waals surface area contributed by atoms with Gasteiger partial charge in [0.25, 0.3) is 5.91 Å². The van der Waals surface area contributed by atoms with Crippen LogP contribution in [0, 0.1) is 0 Å². The number of carbonyl (C=O) groups excluding carboxylic acids is 3. The average molecular weight is 602 g/mol. The maximum atomic E-state index is 13.7. The standard InChI is InChI=1S/C31H38F3N5O4/c1-20(40)36-16-11-24(12-17-36)43-30(42)37-14-9-23(10-15-37)39-28(21-6-7-21)26(18-35-39)29(41)38-13-8-22(19-38)25-4-2-3-5-27(25)31(32,33)34/h2-5,18,21-24H,6-17,19H2,1H3/t22-/m1/s1. The third kappa shape index (κ3) is 6.24. The highest BCUT2D eigenvalue weighted by Gasteiger charge is 2.40. The van der Waals surface area contributed by atoms with Gasteiger partial charge in [0.2, 0.25) is 5.91 Å². The number of amides is 3. The molecule has 6 rings (SSSR count). The van der Waals surface area contributed by atoms with E-state index in [1.165, 1.54) is 12.1 Å². The third-order valence-electron chi connectivity index (χ3n) is 9.43. The summed E-state index contributed by atoms with van der Waals surface area (Å²) in [5.41, 5.74) is 1.08. The number of halogens is 3. The summed E-state index contributed by atoms with van der Waals surface area (Å²) < 4.78 is 48.6. The molecule has 1 atom stereocenters. The smallest absolute Gasteiger partial charge is 0.416 e. The van der Waals surface area contributed by atoms with Crippen molar-refractivity contribution in [1.29, 1.82) is 0 Å². The van der Waals surface area contributed by atoms with Gasteiger partial charge < -0.3 is 19.4 Å². The van der Waals surface area contributed by atoms with Gasteiger partial charge in [0.15, 0.2) is 0 Å². The van der Waals surface area contributed by atoms with Crippen molar-refractivity contribution in [3.05, 3.63) is 52.8 Å². The van der Waals surface area contributed by atoms with Crippen molar-refractivity contribution < 1.29 is 32.3 Å². The van der Waals surface area contributed by atoms with E-state index in [4.69, 9.17) is 4.74 Å². The quantitative estimate of drug-likeness (QED) is 0.471. The van der Waals surface area contributed by atoms with Crippen LogP contribution in [0.15, 0.2) is 30.5 Å². The summed E-state index contributed by atoms with van der Waals surface area (Å²) in [6.07, 6.45) is 1.77. The Morgan fingerprint density at radius 3 is 2.14 bits per heavy atom. The number of rotatable bonds is 5. The summed E-state index contributed by atoms with van der Waals surface area (Å²) in [5, 5.41) is 4.66. The highest BCUT2D eigenvalue weighted by molar-refractivity contribution is 5.95. The van der Waals surface area contributed by atoms with Crippen LogP contribution < -0.4 is 0 Å². The molecule has 3 amide bonds. The highest BCUT2D eigenvalue weighted by atomic mass is 19.4. The fourth-order valence-electron chi connectivity index (χ4n) is 6.87. The van der Waals surface area contributed by atoms with Crippen LogP contribution in [-0.4, -0.2) is 87.8 Å². The Morgan fingerprint density at radius 2 is 1.49 bits per heavy atom. The molecule has 232 valence electrons. The molecule has 1 saturated carbocycles. The SMILES string of the molecule is CC(=O)N1CCC(OC(=O)N2CCC(n3ncc(C(=O)N4CC[C@@H](c5ccccc5C(F)(F)F)C4)c3C3CC3)CC2)CC1. The van der Waals surface area contributed by atoms with Crippen LogP contribution in [0.5, 0.6) is 0 Å². The summed E-state index contributed by atoms with van der Waals surface area (Å²) in [5.74, 6) is -0.254. The Kier molecular flexibility index (Phi) is 8.12. The van der Waals surface area contributed by atoms with E-state index in [0.29, 0.717) is 70.4 Å². The third-order valence-corrected chi connectivity index (χ3v) is 9.43. The van der Waals surface area contributed by atoms with Crippen LogP contribution >= 0.6 is 0 Å². The molecule has 0 radical (unpaired) electrons. The summed E-state index contributed by atoms with van der Waals surface area (Å²) in [7, 11) is 0. The van der Waals surface area contributed by atoms with Crippen LogP contribution in [-0.2, 0) is 15.7 Å². The van der Waals surface area contributed by atoms with Crippen LogP contribution in [0.4, 0.5) is 18.0 Å². The van der Waals surface area contributed by atoms with Crippen molar-refractivity contribution in [1.82, 2.24) is 24.5 Å². The molecule has 3 saturated heterocycles. The molecule has 0 spiro atoms. The van der Waals surface area contributed by atoms with Gasteiger partial charge in [-0.15, -0.1) is 0 Å². The minimum atomic E-state index is -4.44. The van der Waals surface area contributed by atoms with E-state index >= 15 is 0 Å². The number of hydrogen-bond donors (Lipinski definition) is 0. The first-order valence-electron chi connectivity index (χ1n) is 15.3. The predicted molar refractivity (Wildman–Crippen MR) is 151 cm³/mol. The monoisotopic (exact) mass is 601 g/mol. The molecule has 43 heavy (non-hydrogen) atoms. The van der Waals surface area contributed by atoms with Gasteiger partial charge in [-0.25, -0.2) is 4.79 Å². The lowest BCUT2D eigenvalue weighted by Crippen LogP contribution is -2.44. The molecule has 3 aliphatic heterocycles. The molecule has 0 bridgehead atoms. The minimum Gasteiger partial charge on any atom is -0.446 e. The van der Waals surface area contributed by atoms with Gasteiger partial charge in [0, 0.05) is 70.9 Å². The topological polar surface area (TPSA) is 88.0 Å². The molecule has 4 aliphatic rings. The van der Waals surface area contributed by atoms with Gasteiger partial charge in [-0.1, -0.05) is 18.2 Å². The normalized spacial score (nSPS) is 22.2. The molecule has 9 nitrogen and oxygen atoms in total. The second-order valence-corrected chi connectivity index (χ2v) is 12.3. The van der Waals surface area contributed by atoms with Crippen LogP contribution in [0.2, 0.25) is 0 Å². The Labute approximate surface area is 248 Å². The highest BCUT2D eigenvalue weighted by Crippen LogP contribution is 2.44. The van der Waals surface area contributed by atoms with Gasteiger partial charge >= 0.3 is 12.3 Å². The molecule has 4 fully saturated rings. The number of hydrogen-bond acceptors (Lipinski definition) is 5. The molecule has 12 heteroatoms. The minimum absolute atomic E-state index is 0.0391. The lowest BCUT2D eigenvalue weighted by molar-refractivity contribution is -0.138. The van der Waals surface area contributed by atoms with Crippen molar-refractivity contribution in [3.63, 3.8) is 0 Å². The molecule has 1 aliphatic carbocycles. The molecular weight excluding hydrogens is 563 g/mol. The molecule has 4 heterocycles. The zero-order valence-electron chi connectivity index (χ0n) is 24.4. The average Bonchev–Trinajstić information content (AvgIpc) is 3.54. The van der Waals surface area contributed by atoms with E-state index in [-0.39, 0.29) is 54.0 Å². The Hall–Kier alpha value is -3.57. The first kappa shape index (κ1) is 29.5. The number of ether oxygens (including phenoxy) is 1. The number of piperidine rings is 2. The van der Waals surface area contributed by atoms with Gasteiger partial charge in [0.05, 0.1) is 29.1 Å². The Bertz CT molecular complexity index is 1360. The number of likely N-dealkylation sites (tertiary alicyclic amines) is 3. The van der Waals surface area contributed by atoms with Gasteiger partial charge in [-0.3, -0.25) is 14.3 Å². The van der Waals surface area contributed by atoms with E-state index in [1.54, 1.807) is 33.9 Å². The number of nitrogens with zero attached hydrogens (tertiary/aromatic N) is 5. The summed E-state index contributed by atoms with van der Waals surface area (Å²) in [6.45, 7) is 4.43. The molecule has 2 aromatic rings. The fourth-order valence-corrected chi connectivity index (χ4v) is 6.87. The first-order valence-corrected chi connectivity index (χ1v) is 15.3. The second kappa shape index (κ2) is 11.8. The van der Waals surface area contributed by atoms with E-state index in [1.807, 2.05) is 4.68 Å². The van der Waals surface area contributed by atoms with Gasteiger partial charge in [-0.2, -0.15) is 18.3 Å². The fraction of sp³-hybridized carbons (Fsp3) is 0.613. The summed E-state index contributed by atoms with van der Waals surface area (Å²) in [6, 6.07) is 5.70. The Morgan fingerprint density at radius 1 is 0.837 bits per heavy atom. The lowest BCUT2D eigenvalue weighted by atomic mass is 9.93. The summed E-state index contributed by atoms with van der Waals surface area (Å²) in [4.78, 5) is 43.3. The first-order chi connectivity index (χ1) is 20.6. The van der Waals surface area contributed by atoms with E-state index < -0.39 is 11.7 Å². The lowest BCUT2D eigenvalue weighted by Gasteiger charge is -2.35. The predicted octanol–water partition coefficient (Wildman–Crippen LogP) is 5.19.